The van der Waals surface area contributed by atoms with Gasteiger partial charge in [0.2, 0.25) is 11.8 Å². The van der Waals surface area contributed by atoms with E-state index in [0.29, 0.717) is 12.8 Å². The third kappa shape index (κ3) is 5.99. The lowest BCUT2D eigenvalue weighted by Crippen LogP contribution is -2.46. The van der Waals surface area contributed by atoms with Crippen LogP contribution in [0, 0.1) is 6.92 Å². The van der Waals surface area contributed by atoms with E-state index >= 15 is 0 Å². The summed E-state index contributed by atoms with van der Waals surface area (Å²) in [7, 11) is 0. The molecule has 0 atom stereocenters. The van der Waals surface area contributed by atoms with Crippen molar-refractivity contribution >= 4 is 11.8 Å². The van der Waals surface area contributed by atoms with E-state index < -0.39 is 0 Å². The number of likely N-dealkylation sites (tertiary alicyclic amines) is 1. The summed E-state index contributed by atoms with van der Waals surface area (Å²) in [4.78, 5) is 26.1. The maximum atomic E-state index is 12.4. The molecule has 1 heterocycles. The first-order chi connectivity index (χ1) is 11.6. The molecule has 0 bridgehead atoms. The molecule has 4 heteroatoms. The molecule has 1 fully saturated rings. The first kappa shape index (κ1) is 18.5. The molecule has 0 aromatic heterocycles. The van der Waals surface area contributed by atoms with Gasteiger partial charge in [-0.05, 0) is 38.2 Å². The molecule has 24 heavy (non-hydrogen) atoms. The number of hydrogen-bond donors (Lipinski definition) is 1. The molecule has 2 amide bonds. The number of benzene rings is 1. The summed E-state index contributed by atoms with van der Waals surface area (Å²) in [5.74, 6) is 0.383. The highest BCUT2D eigenvalue weighted by molar-refractivity contribution is 5.77. The molecule has 0 saturated carbocycles. The highest BCUT2D eigenvalue weighted by Crippen LogP contribution is 2.14. The topological polar surface area (TPSA) is 49.4 Å². The van der Waals surface area contributed by atoms with Crippen LogP contribution in [-0.4, -0.2) is 35.8 Å². The summed E-state index contributed by atoms with van der Waals surface area (Å²) in [5, 5.41) is 3.10. The number of carbonyl (C=O) groups excluding carboxylic acids is 2. The van der Waals surface area contributed by atoms with Crippen LogP contribution in [0.2, 0.25) is 0 Å². The first-order valence-electron chi connectivity index (χ1n) is 9.21. The molecule has 1 aliphatic rings. The van der Waals surface area contributed by atoms with E-state index in [2.05, 4.69) is 37.4 Å². The van der Waals surface area contributed by atoms with E-state index in [9.17, 15) is 9.59 Å². The van der Waals surface area contributed by atoms with Gasteiger partial charge in [0.05, 0.1) is 0 Å². The highest BCUT2D eigenvalue weighted by atomic mass is 16.2. The molecular weight excluding hydrogens is 300 g/mol. The number of rotatable bonds is 7. The van der Waals surface area contributed by atoms with Crippen LogP contribution in [0.3, 0.4) is 0 Å². The second kappa shape index (κ2) is 9.45. The highest BCUT2D eigenvalue weighted by Gasteiger charge is 2.23. The largest absolute Gasteiger partial charge is 0.353 e. The zero-order chi connectivity index (χ0) is 17.4. The fourth-order valence-electron chi connectivity index (χ4n) is 3.19. The molecule has 0 aliphatic carbocycles. The fourth-order valence-corrected chi connectivity index (χ4v) is 3.19. The average molecular weight is 330 g/mol. The SMILES string of the molecule is CCCCC(=O)NC1CCN(C(=O)CCc2cccc(C)c2)CC1. The third-order valence-corrected chi connectivity index (χ3v) is 4.68. The van der Waals surface area contributed by atoms with Gasteiger partial charge in [0, 0.05) is 32.0 Å². The maximum Gasteiger partial charge on any atom is 0.222 e. The summed E-state index contributed by atoms with van der Waals surface area (Å²) in [6.45, 7) is 5.68. The summed E-state index contributed by atoms with van der Waals surface area (Å²) in [5.41, 5.74) is 2.46. The number of nitrogens with zero attached hydrogens (tertiary/aromatic N) is 1. The van der Waals surface area contributed by atoms with Crippen molar-refractivity contribution in [2.75, 3.05) is 13.1 Å². The molecule has 1 saturated heterocycles. The van der Waals surface area contributed by atoms with Gasteiger partial charge in [-0.15, -0.1) is 0 Å². The van der Waals surface area contributed by atoms with Crippen LogP contribution in [0.15, 0.2) is 24.3 Å². The van der Waals surface area contributed by atoms with Gasteiger partial charge >= 0.3 is 0 Å². The van der Waals surface area contributed by atoms with Gasteiger partial charge in [-0.1, -0.05) is 43.2 Å². The number of carbonyl (C=O) groups is 2. The number of amides is 2. The Balaban J connectivity index is 1.69. The second-order valence-electron chi connectivity index (χ2n) is 6.82. The fraction of sp³-hybridized carbons (Fsp3) is 0.600. The molecule has 132 valence electrons. The summed E-state index contributed by atoms with van der Waals surface area (Å²) in [6.07, 6.45) is 5.71. The molecule has 1 aromatic carbocycles. The smallest absolute Gasteiger partial charge is 0.222 e. The van der Waals surface area contributed by atoms with E-state index in [1.807, 2.05) is 11.0 Å². The zero-order valence-corrected chi connectivity index (χ0v) is 15.0. The minimum absolute atomic E-state index is 0.154. The van der Waals surface area contributed by atoms with Crippen molar-refractivity contribution in [1.82, 2.24) is 10.2 Å². The summed E-state index contributed by atoms with van der Waals surface area (Å²) in [6, 6.07) is 8.58. The van der Waals surface area contributed by atoms with Crippen molar-refractivity contribution in [3.05, 3.63) is 35.4 Å². The summed E-state index contributed by atoms with van der Waals surface area (Å²) >= 11 is 0. The molecule has 0 unspecified atom stereocenters. The minimum Gasteiger partial charge on any atom is -0.353 e. The predicted octanol–water partition coefficient (Wildman–Crippen LogP) is 3.23. The van der Waals surface area contributed by atoms with Crippen molar-refractivity contribution in [1.29, 1.82) is 0 Å². The molecule has 4 nitrogen and oxygen atoms in total. The lowest BCUT2D eigenvalue weighted by atomic mass is 10.0. The van der Waals surface area contributed by atoms with Crippen molar-refractivity contribution in [3.8, 4) is 0 Å². The number of aryl methyl sites for hydroxylation is 2. The predicted molar refractivity (Wildman–Crippen MR) is 96.8 cm³/mol. The Labute approximate surface area is 145 Å². The van der Waals surface area contributed by atoms with E-state index in [4.69, 9.17) is 0 Å². The van der Waals surface area contributed by atoms with Crippen LogP contribution in [0.25, 0.3) is 0 Å². The van der Waals surface area contributed by atoms with E-state index in [0.717, 1.165) is 45.2 Å². The van der Waals surface area contributed by atoms with Gasteiger partial charge in [-0.25, -0.2) is 0 Å². The van der Waals surface area contributed by atoms with E-state index in [1.54, 1.807) is 0 Å². The molecule has 2 rings (SSSR count). The van der Waals surface area contributed by atoms with Crippen LogP contribution < -0.4 is 5.32 Å². The third-order valence-electron chi connectivity index (χ3n) is 4.68. The van der Waals surface area contributed by atoms with Crippen LogP contribution in [-0.2, 0) is 16.0 Å². The lowest BCUT2D eigenvalue weighted by Gasteiger charge is -2.32. The molecular formula is C20H30N2O2. The molecule has 1 aromatic rings. The van der Waals surface area contributed by atoms with Gasteiger partial charge in [-0.3, -0.25) is 9.59 Å². The molecule has 1 aliphatic heterocycles. The minimum atomic E-state index is 0.154. The summed E-state index contributed by atoms with van der Waals surface area (Å²) < 4.78 is 0. The Kier molecular flexibility index (Phi) is 7.29. The first-order valence-corrected chi connectivity index (χ1v) is 9.21. The molecule has 0 radical (unpaired) electrons. The van der Waals surface area contributed by atoms with Crippen LogP contribution in [0.4, 0.5) is 0 Å². The quantitative estimate of drug-likeness (QED) is 0.834. The average Bonchev–Trinajstić information content (AvgIpc) is 2.58. The van der Waals surface area contributed by atoms with Gasteiger partial charge in [0.1, 0.15) is 0 Å². The Hall–Kier alpha value is -1.84. The van der Waals surface area contributed by atoms with Gasteiger partial charge < -0.3 is 10.2 Å². The number of unbranched alkanes of at least 4 members (excludes halogenated alkanes) is 1. The van der Waals surface area contributed by atoms with Crippen molar-refractivity contribution < 1.29 is 9.59 Å². The molecule has 0 spiro atoms. The van der Waals surface area contributed by atoms with Crippen LogP contribution in [0.5, 0.6) is 0 Å². The van der Waals surface area contributed by atoms with E-state index in [1.165, 1.54) is 11.1 Å². The van der Waals surface area contributed by atoms with Crippen molar-refractivity contribution in [2.24, 2.45) is 0 Å². The number of nitrogens with one attached hydrogen (secondary N) is 1. The second-order valence-corrected chi connectivity index (χ2v) is 6.82. The van der Waals surface area contributed by atoms with Crippen molar-refractivity contribution in [2.45, 2.75) is 64.8 Å². The van der Waals surface area contributed by atoms with E-state index in [-0.39, 0.29) is 17.9 Å². The van der Waals surface area contributed by atoms with Gasteiger partial charge in [0.15, 0.2) is 0 Å². The monoisotopic (exact) mass is 330 g/mol. The number of piperidine rings is 1. The molecule has 1 N–H and O–H groups in total. The Morgan fingerprint density at radius 3 is 2.62 bits per heavy atom. The number of hydrogen-bond acceptors (Lipinski definition) is 2. The van der Waals surface area contributed by atoms with Gasteiger partial charge in [-0.2, -0.15) is 0 Å². The maximum absolute atomic E-state index is 12.4. The van der Waals surface area contributed by atoms with Crippen LogP contribution >= 0.6 is 0 Å². The normalized spacial score (nSPS) is 15.3. The lowest BCUT2D eigenvalue weighted by molar-refractivity contribution is -0.132. The van der Waals surface area contributed by atoms with Crippen LogP contribution in [0.1, 0.15) is 56.6 Å². The zero-order valence-electron chi connectivity index (χ0n) is 15.0. The van der Waals surface area contributed by atoms with Gasteiger partial charge in [0.25, 0.3) is 0 Å². The van der Waals surface area contributed by atoms with Crippen molar-refractivity contribution in [3.63, 3.8) is 0 Å². The Morgan fingerprint density at radius 1 is 1.21 bits per heavy atom. The standard InChI is InChI=1S/C20H30N2O2/c1-3-4-8-19(23)21-18-11-13-22(14-12-18)20(24)10-9-17-7-5-6-16(2)15-17/h5-7,15,18H,3-4,8-14H2,1-2H3,(H,21,23). The Morgan fingerprint density at radius 2 is 1.96 bits per heavy atom. The Bertz CT molecular complexity index is 548.